The topological polar surface area (TPSA) is 26.3 Å². The van der Waals surface area contributed by atoms with E-state index in [9.17, 15) is 4.79 Å². The zero-order valence-corrected chi connectivity index (χ0v) is 16.6. The highest BCUT2D eigenvalue weighted by molar-refractivity contribution is 6.21. The van der Waals surface area contributed by atoms with E-state index in [1.54, 1.807) is 7.11 Å². The lowest BCUT2D eigenvalue weighted by atomic mass is 9.86. The van der Waals surface area contributed by atoms with Crippen LogP contribution in [-0.2, 0) is 0 Å². The molecule has 0 amide bonds. The molecule has 0 heterocycles. The van der Waals surface area contributed by atoms with Crippen LogP contribution in [0.25, 0.3) is 43.8 Å². The first-order valence-corrected chi connectivity index (χ1v) is 9.93. The summed E-state index contributed by atoms with van der Waals surface area (Å²) in [7, 11) is 1.69. The van der Waals surface area contributed by atoms with E-state index in [4.69, 9.17) is 4.74 Å². The number of methoxy groups -OCH3 is 1. The van der Waals surface area contributed by atoms with Gasteiger partial charge in [0.2, 0.25) is 0 Å². The summed E-state index contributed by atoms with van der Waals surface area (Å²) in [6.07, 6.45) is 0.882. The average molecular weight is 388 g/mol. The third kappa shape index (κ3) is 2.94. The van der Waals surface area contributed by atoms with Crippen LogP contribution in [0.1, 0.15) is 10.4 Å². The molecule has 0 aliphatic heterocycles. The molecule has 0 atom stereocenters. The molecular weight excluding hydrogens is 368 g/mol. The maximum Gasteiger partial charge on any atom is 0.150 e. The zero-order valence-electron chi connectivity index (χ0n) is 16.6. The number of carbonyl (C=O) groups excluding carboxylic acids is 1. The fourth-order valence-electron chi connectivity index (χ4n) is 4.24. The molecule has 30 heavy (non-hydrogen) atoms. The van der Waals surface area contributed by atoms with Crippen LogP contribution in [-0.4, -0.2) is 13.4 Å². The number of benzene rings is 5. The molecule has 144 valence electrons. The largest absolute Gasteiger partial charge is 0.497 e. The minimum atomic E-state index is 0.683. The van der Waals surface area contributed by atoms with Crippen LogP contribution in [0, 0.1) is 0 Å². The summed E-state index contributed by atoms with van der Waals surface area (Å²) in [6.45, 7) is 0. The van der Waals surface area contributed by atoms with Gasteiger partial charge in [-0.15, -0.1) is 0 Å². The zero-order chi connectivity index (χ0) is 20.5. The van der Waals surface area contributed by atoms with E-state index in [0.717, 1.165) is 23.2 Å². The second-order valence-corrected chi connectivity index (χ2v) is 7.31. The summed E-state index contributed by atoms with van der Waals surface area (Å²) < 4.78 is 5.35. The predicted octanol–water partition coefficient (Wildman–Crippen LogP) is 7.15. The predicted molar refractivity (Wildman–Crippen MR) is 124 cm³/mol. The Kier molecular flexibility index (Phi) is 4.53. The molecule has 0 aromatic heterocycles. The molecule has 2 nitrogen and oxygen atoms in total. The van der Waals surface area contributed by atoms with Gasteiger partial charge >= 0.3 is 0 Å². The van der Waals surface area contributed by atoms with E-state index < -0.39 is 0 Å². The van der Waals surface area contributed by atoms with Crippen molar-refractivity contribution in [2.45, 2.75) is 0 Å². The van der Waals surface area contributed by atoms with Gasteiger partial charge in [0.15, 0.2) is 0 Å². The minimum absolute atomic E-state index is 0.683. The molecule has 0 spiro atoms. The molecule has 0 aliphatic rings. The summed E-state index contributed by atoms with van der Waals surface area (Å²) in [5.74, 6) is 0.847. The lowest BCUT2D eigenvalue weighted by molar-refractivity contribution is 0.112. The highest BCUT2D eigenvalue weighted by Gasteiger charge is 2.16. The average Bonchev–Trinajstić information content (AvgIpc) is 2.82. The van der Waals surface area contributed by atoms with Crippen LogP contribution in [0.2, 0.25) is 0 Å². The second kappa shape index (κ2) is 7.49. The van der Waals surface area contributed by atoms with Gasteiger partial charge < -0.3 is 4.74 Å². The van der Waals surface area contributed by atoms with Gasteiger partial charge in [-0.05, 0) is 55.9 Å². The Morgan fingerprint density at radius 3 is 1.33 bits per heavy atom. The summed E-state index contributed by atoms with van der Waals surface area (Å²) in [4.78, 5) is 11.1. The molecule has 0 radical (unpaired) electrons. The van der Waals surface area contributed by atoms with Crippen LogP contribution in [0.15, 0.2) is 97.1 Å². The van der Waals surface area contributed by atoms with Crippen LogP contribution in [0.5, 0.6) is 5.75 Å². The molecule has 0 saturated heterocycles. The molecular formula is C28H20O2. The first-order valence-electron chi connectivity index (χ1n) is 9.93. The highest BCUT2D eigenvalue weighted by atomic mass is 16.5. The molecule has 0 aliphatic carbocycles. The third-order valence-corrected chi connectivity index (χ3v) is 5.65. The molecule has 5 aromatic rings. The van der Waals surface area contributed by atoms with Crippen molar-refractivity contribution in [1.29, 1.82) is 0 Å². The van der Waals surface area contributed by atoms with Gasteiger partial charge in [-0.3, -0.25) is 4.79 Å². The molecule has 0 N–H and O–H groups in total. The van der Waals surface area contributed by atoms with Crippen LogP contribution in [0.3, 0.4) is 0 Å². The quantitative estimate of drug-likeness (QED) is 0.241. The van der Waals surface area contributed by atoms with Crippen molar-refractivity contribution < 1.29 is 9.53 Å². The van der Waals surface area contributed by atoms with Crippen molar-refractivity contribution in [3.05, 3.63) is 103 Å². The summed E-state index contributed by atoms with van der Waals surface area (Å²) >= 11 is 0. The van der Waals surface area contributed by atoms with Gasteiger partial charge in [-0.25, -0.2) is 0 Å². The van der Waals surface area contributed by atoms with Crippen LogP contribution in [0.4, 0.5) is 0 Å². The first-order chi connectivity index (χ1) is 14.8. The summed E-state index contributed by atoms with van der Waals surface area (Å²) in [5.41, 5.74) is 5.36. The van der Waals surface area contributed by atoms with Gasteiger partial charge in [0.25, 0.3) is 0 Å². The Bertz CT molecular complexity index is 1310. The van der Waals surface area contributed by atoms with Crippen molar-refractivity contribution in [3.8, 4) is 28.0 Å². The first kappa shape index (κ1) is 18.1. The Balaban J connectivity index is 1.89. The Hall–Kier alpha value is -3.91. The van der Waals surface area contributed by atoms with Crippen LogP contribution >= 0.6 is 0 Å². The molecule has 2 heteroatoms. The fourth-order valence-corrected chi connectivity index (χ4v) is 4.24. The van der Waals surface area contributed by atoms with Gasteiger partial charge in [-0.2, -0.15) is 0 Å². The molecule has 0 saturated carbocycles. The Morgan fingerprint density at radius 1 is 0.567 bits per heavy atom. The molecule has 5 rings (SSSR count). The Morgan fingerprint density at radius 2 is 0.967 bits per heavy atom. The van der Waals surface area contributed by atoms with Crippen LogP contribution < -0.4 is 4.74 Å². The van der Waals surface area contributed by atoms with Gasteiger partial charge in [0.1, 0.15) is 12.0 Å². The van der Waals surface area contributed by atoms with Crippen molar-refractivity contribution >= 4 is 27.8 Å². The number of fused-ring (bicyclic) bond motifs is 2. The number of hydrogen-bond acceptors (Lipinski definition) is 2. The molecule has 0 fully saturated rings. The van der Waals surface area contributed by atoms with E-state index in [1.165, 1.54) is 32.7 Å². The summed E-state index contributed by atoms with van der Waals surface area (Å²) in [6, 6.07) is 33.1. The third-order valence-electron chi connectivity index (χ3n) is 5.65. The normalized spacial score (nSPS) is 11.0. The van der Waals surface area contributed by atoms with E-state index in [1.807, 2.05) is 36.4 Å². The number of ether oxygens (including phenoxy) is 1. The van der Waals surface area contributed by atoms with Gasteiger partial charge in [-0.1, -0.05) is 84.9 Å². The van der Waals surface area contributed by atoms with E-state index in [2.05, 4.69) is 60.7 Å². The Labute approximate surface area is 175 Å². The molecule has 5 aromatic carbocycles. The lowest BCUT2D eigenvalue weighted by Gasteiger charge is -2.18. The highest BCUT2D eigenvalue weighted by Crippen LogP contribution is 2.43. The maximum absolute atomic E-state index is 11.1. The standard InChI is InChI=1S/C28H20O2/c1-30-22-16-14-21(15-17-22)28-25-8-4-2-6-23(25)27(24-7-3-5-9-26(24)28)20-12-10-19(18-29)11-13-20/h2-18H,1H3. The molecule has 0 bridgehead atoms. The van der Waals surface area contributed by atoms with Gasteiger partial charge in [0.05, 0.1) is 7.11 Å². The number of aldehydes is 1. The maximum atomic E-state index is 11.1. The molecule has 0 unspecified atom stereocenters. The van der Waals surface area contributed by atoms with E-state index in [-0.39, 0.29) is 0 Å². The number of rotatable bonds is 4. The van der Waals surface area contributed by atoms with Crippen molar-refractivity contribution in [2.75, 3.05) is 7.11 Å². The van der Waals surface area contributed by atoms with Crippen molar-refractivity contribution in [2.24, 2.45) is 0 Å². The van der Waals surface area contributed by atoms with E-state index in [0.29, 0.717) is 5.56 Å². The van der Waals surface area contributed by atoms with Gasteiger partial charge in [0, 0.05) is 5.56 Å². The van der Waals surface area contributed by atoms with E-state index >= 15 is 0 Å². The second-order valence-electron chi connectivity index (χ2n) is 7.31. The smallest absolute Gasteiger partial charge is 0.150 e. The number of carbonyl (C=O) groups is 1. The lowest BCUT2D eigenvalue weighted by Crippen LogP contribution is -1.91. The van der Waals surface area contributed by atoms with Crippen molar-refractivity contribution in [1.82, 2.24) is 0 Å². The summed E-state index contributed by atoms with van der Waals surface area (Å²) in [5, 5.41) is 4.80. The SMILES string of the molecule is COc1ccc(-c2c3ccccc3c(-c3ccc(C=O)cc3)c3ccccc23)cc1. The fraction of sp³-hybridized carbons (Fsp3) is 0.0357. The number of hydrogen-bond donors (Lipinski definition) is 0. The minimum Gasteiger partial charge on any atom is -0.497 e. The monoisotopic (exact) mass is 388 g/mol. The van der Waals surface area contributed by atoms with Crippen molar-refractivity contribution in [3.63, 3.8) is 0 Å².